The van der Waals surface area contributed by atoms with Gasteiger partial charge >= 0.3 is 5.97 Å². The number of ether oxygens (including phenoxy) is 1. The molecule has 2 aromatic carbocycles. The Bertz CT molecular complexity index is 911. The number of rotatable bonds is 8. The molecule has 0 saturated carbocycles. The van der Waals surface area contributed by atoms with Crippen molar-refractivity contribution in [2.75, 3.05) is 25.5 Å². The first-order chi connectivity index (χ1) is 12.8. The molecule has 27 heavy (non-hydrogen) atoms. The van der Waals surface area contributed by atoms with E-state index in [0.29, 0.717) is 24.2 Å². The van der Waals surface area contributed by atoms with Crippen molar-refractivity contribution in [3.8, 4) is 0 Å². The van der Waals surface area contributed by atoms with E-state index < -0.39 is 21.9 Å². The van der Waals surface area contributed by atoms with Crippen LogP contribution in [-0.2, 0) is 26.0 Å². The van der Waals surface area contributed by atoms with Crippen molar-refractivity contribution in [2.45, 2.75) is 11.3 Å². The Labute approximate surface area is 157 Å². The molecule has 9 heteroatoms. The minimum absolute atomic E-state index is 0.0315. The van der Waals surface area contributed by atoms with Gasteiger partial charge in [-0.05, 0) is 36.2 Å². The number of carbonyl (C=O) groups is 2. The van der Waals surface area contributed by atoms with Crippen LogP contribution in [0.25, 0.3) is 0 Å². The first-order valence-corrected chi connectivity index (χ1v) is 9.68. The highest BCUT2D eigenvalue weighted by Gasteiger charge is 2.13. The fourth-order valence-corrected chi connectivity index (χ4v) is 2.85. The monoisotopic (exact) mass is 391 g/mol. The summed E-state index contributed by atoms with van der Waals surface area (Å²) in [5, 5.41) is 10.6. The molecule has 0 fully saturated rings. The minimum atomic E-state index is -3.72. The van der Waals surface area contributed by atoms with Gasteiger partial charge in [0.25, 0.3) is 5.91 Å². The van der Waals surface area contributed by atoms with Crippen LogP contribution in [0.5, 0.6) is 0 Å². The zero-order chi connectivity index (χ0) is 19.9. The Morgan fingerprint density at radius 3 is 2.37 bits per heavy atom. The van der Waals surface area contributed by atoms with Crippen molar-refractivity contribution in [3.05, 3.63) is 59.7 Å². The molecule has 0 aliphatic carbocycles. The van der Waals surface area contributed by atoms with E-state index in [2.05, 4.69) is 10.6 Å². The van der Waals surface area contributed by atoms with Crippen LogP contribution < -0.4 is 15.8 Å². The number of benzene rings is 2. The van der Waals surface area contributed by atoms with Crippen molar-refractivity contribution >= 4 is 27.6 Å². The molecule has 0 bridgehead atoms. The van der Waals surface area contributed by atoms with Crippen molar-refractivity contribution in [1.29, 1.82) is 0 Å². The van der Waals surface area contributed by atoms with E-state index >= 15 is 0 Å². The van der Waals surface area contributed by atoms with Gasteiger partial charge in [0.2, 0.25) is 10.0 Å². The van der Waals surface area contributed by atoms with Gasteiger partial charge in [0.1, 0.15) is 0 Å². The maximum absolute atomic E-state index is 12.0. The molecule has 2 aromatic rings. The summed E-state index contributed by atoms with van der Waals surface area (Å²) in [6.07, 6.45) is 0.493. The summed E-state index contributed by atoms with van der Waals surface area (Å²) in [6, 6.07) is 12.9. The third kappa shape index (κ3) is 6.08. The Balaban J connectivity index is 1.77. The van der Waals surface area contributed by atoms with E-state index in [1.807, 2.05) is 0 Å². The molecule has 0 unspecified atom stereocenters. The molecule has 0 radical (unpaired) electrons. The number of sulfonamides is 1. The summed E-state index contributed by atoms with van der Waals surface area (Å²) in [5.41, 5.74) is 1.80. The number of nitrogens with one attached hydrogen (secondary N) is 2. The lowest BCUT2D eigenvalue weighted by Gasteiger charge is -2.09. The van der Waals surface area contributed by atoms with Crippen LogP contribution in [0, 0.1) is 0 Å². The quantitative estimate of drug-likeness (QED) is 0.574. The summed E-state index contributed by atoms with van der Waals surface area (Å²) < 4.78 is 27.4. The third-order valence-corrected chi connectivity index (χ3v) is 4.67. The topological polar surface area (TPSA) is 128 Å². The molecular formula is C18H21N3O5S. The molecular weight excluding hydrogens is 370 g/mol. The van der Waals surface area contributed by atoms with E-state index in [1.165, 1.54) is 12.1 Å². The Morgan fingerprint density at radius 1 is 1.07 bits per heavy atom. The van der Waals surface area contributed by atoms with Crippen molar-refractivity contribution in [2.24, 2.45) is 5.14 Å². The van der Waals surface area contributed by atoms with Crippen LogP contribution >= 0.6 is 0 Å². The second-order valence-electron chi connectivity index (χ2n) is 5.66. The van der Waals surface area contributed by atoms with Crippen LogP contribution in [0.15, 0.2) is 53.4 Å². The van der Waals surface area contributed by atoms with E-state index in [-0.39, 0.29) is 11.5 Å². The maximum atomic E-state index is 12.0. The van der Waals surface area contributed by atoms with Gasteiger partial charge in [0, 0.05) is 19.3 Å². The molecule has 0 aromatic heterocycles. The summed E-state index contributed by atoms with van der Waals surface area (Å²) >= 11 is 0. The predicted molar refractivity (Wildman–Crippen MR) is 101 cm³/mol. The number of hydrogen-bond acceptors (Lipinski definition) is 6. The van der Waals surface area contributed by atoms with Crippen LogP contribution in [0.2, 0.25) is 0 Å². The molecule has 1 amide bonds. The molecule has 8 nitrogen and oxygen atoms in total. The Morgan fingerprint density at radius 2 is 1.74 bits per heavy atom. The van der Waals surface area contributed by atoms with E-state index in [9.17, 15) is 18.0 Å². The normalized spacial score (nSPS) is 10.9. The number of primary sulfonamides is 1. The van der Waals surface area contributed by atoms with Crippen LogP contribution in [0.1, 0.15) is 15.9 Å². The lowest BCUT2D eigenvalue weighted by Crippen LogP contribution is -2.30. The SMILES string of the molecule is CNc1ccccc1C(=O)OCC(=O)NCCc1ccc(S(N)(=O)=O)cc1. The van der Waals surface area contributed by atoms with Gasteiger partial charge in [-0.25, -0.2) is 18.4 Å². The minimum Gasteiger partial charge on any atom is -0.452 e. The summed E-state index contributed by atoms with van der Waals surface area (Å²) in [4.78, 5) is 23.9. The number of carbonyl (C=O) groups excluding carboxylic acids is 2. The van der Waals surface area contributed by atoms with Crippen molar-refractivity contribution in [3.63, 3.8) is 0 Å². The zero-order valence-corrected chi connectivity index (χ0v) is 15.6. The second kappa shape index (κ2) is 9.15. The molecule has 4 N–H and O–H groups in total. The van der Waals surface area contributed by atoms with Gasteiger partial charge < -0.3 is 15.4 Å². The maximum Gasteiger partial charge on any atom is 0.340 e. The van der Waals surface area contributed by atoms with Crippen molar-refractivity contribution in [1.82, 2.24) is 5.32 Å². The van der Waals surface area contributed by atoms with Crippen LogP contribution in [0.3, 0.4) is 0 Å². The first-order valence-electron chi connectivity index (χ1n) is 8.13. The predicted octanol–water partition coefficient (Wildman–Crippen LogP) is 0.891. The molecule has 0 aliphatic rings. The van der Waals surface area contributed by atoms with E-state index in [1.54, 1.807) is 43.4 Å². The number of esters is 1. The standard InChI is InChI=1S/C18H21N3O5S/c1-20-16-5-3-2-4-15(16)18(23)26-12-17(22)21-11-10-13-6-8-14(9-7-13)27(19,24)25/h2-9,20H,10-12H2,1H3,(H,21,22)(H2,19,24,25). The molecule has 0 spiro atoms. The first kappa shape index (κ1) is 20.4. The van der Waals surface area contributed by atoms with E-state index in [0.717, 1.165) is 5.56 Å². The smallest absolute Gasteiger partial charge is 0.340 e. The van der Waals surface area contributed by atoms with Crippen LogP contribution in [-0.4, -0.2) is 40.5 Å². The Kier molecular flexibility index (Phi) is 6.91. The largest absolute Gasteiger partial charge is 0.452 e. The summed E-state index contributed by atoms with van der Waals surface area (Å²) in [5.74, 6) is -1.01. The van der Waals surface area contributed by atoms with Gasteiger partial charge in [-0.3, -0.25) is 4.79 Å². The highest BCUT2D eigenvalue weighted by Crippen LogP contribution is 2.15. The zero-order valence-electron chi connectivity index (χ0n) is 14.8. The number of para-hydroxylation sites is 1. The lowest BCUT2D eigenvalue weighted by atomic mass is 10.1. The van der Waals surface area contributed by atoms with Crippen LogP contribution in [0.4, 0.5) is 5.69 Å². The molecule has 144 valence electrons. The van der Waals surface area contributed by atoms with Gasteiger partial charge in [-0.2, -0.15) is 0 Å². The molecule has 0 saturated heterocycles. The fourth-order valence-electron chi connectivity index (χ4n) is 2.33. The second-order valence-corrected chi connectivity index (χ2v) is 7.22. The lowest BCUT2D eigenvalue weighted by molar-refractivity contribution is -0.124. The average molecular weight is 391 g/mol. The van der Waals surface area contributed by atoms with Gasteiger partial charge in [0.15, 0.2) is 6.61 Å². The van der Waals surface area contributed by atoms with Gasteiger partial charge in [-0.15, -0.1) is 0 Å². The summed E-state index contributed by atoms with van der Waals surface area (Å²) in [7, 11) is -2.03. The number of hydrogen-bond donors (Lipinski definition) is 3. The molecule has 0 aliphatic heterocycles. The average Bonchev–Trinajstić information content (AvgIpc) is 2.65. The van der Waals surface area contributed by atoms with E-state index in [4.69, 9.17) is 9.88 Å². The fraction of sp³-hybridized carbons (Fsp3) is 0.222. The highest BCUT2D eigenvalue weighted by molar-refractivity contribution is 7.89. The number of amides is 1. The molecule has 0 atom stereocenters. The molecule has 2 rings (SSSR count). The summed E-state index contributed by atoms with van der Waals surface area (Å²) in [6.45, 7) is -0.0700. The third-order valence-electron chi connectivity index (χ3n) is 3.74. The number of nitrogens with two attached hydrogens (primary N) is 1. The Hall–Kier alpha value is -2.91. The number of anilines is 1. The highest BCUT2D eigenvalue weighted by atomic mass is 32.2. The van der Waals surface area contributed by atoms with Gasteiger partial charge in [-0.1, -0.05) is 24.3 Å². The molecule has 0 heterocycles. The van der Waals surface area contributed by atoms with Crippen molar-refractivity contribution < 1.29 is 22.7 Å². The van der Waals surface area contributed by atoms with Gasteiger partial charge in [0.05, 0.1) is 10.5 Å².